The monoisotopic (exact) mass is 548 g/mol. The topological polar surface area (TPSA) is 110 Å². The minimum atomic E-state index is -4.84. The van der Waals surface area contributed by atoms with Gasteiger partial charge in [0, 0.05) is 57.7 Å². The van der Waals surface area contributed by atoms with E-state index in [-0.39, 0.29) is 17.8 Å². The average Bonchev–Trinajstić information content (AvgIpc) is 3.30. The number of alkyl halides is 6. The number of rotatable bonds is 6. The summed E-state index contributed by atoms with van der Waals surface area (Å²) < 4.78 is 78.0. The van der Waals surface area contributed by atoms with Crippen LogP contribution in [-0.2, 0) is 17.1 Å². The first-order chi connectivity index (χ1) is 17.8. The highest BCUT2D eigenvalue weighted by Gasteiger charge is 2.38. The van der Waals surface area contributed by atoms with Crippen LogP contribution in [0.3, 0.4) is 0 Å². The van der Waals surface area contributed by atoms with Crippen molar-refractivity contribution in [3.8, 4) is 0 Å². The zero-order chi connectivity index (χ0) is 27.7. The van der Waals surface area contributed by atoms with Crippen molar-refractivity contribution in [1.29, 1.82) is 0 Å². The fourth-order valence-corrected chi connectivity index (χ4v) is 4.70. The number of carbonyl (C=O) groups is 1. The Morgan fingerprint density at radius 2 is 1.71 bits per heavy atom. The van der Waals surface area contributed by atoms with E-state index in [4.69, 9.17) is 0 Å². The molecular formula is C22H26F6N8O2. The minimum Gasteiger partial charge on any atom is -0.379 e. The highest BCUT2D eigenvalue weighted by Crippen LogP contribution is 2.32. The Labute approximate surface area is 213 Å². The van der Waals surface area contributed by atoms with Gasteiger partial charge in [-0.3, -0.25) is 9.59 Å². The Bertz CT molecular complexity index is 1180. The predicted molar refractivity (Wildman–Crippen MR) is 123 cm³/mol. The Hall–Kier alpha value is -3.43. The summed E-state index contributed by atoms with van der Waals surface area (Å²) in [6.07, 6.45) is -6.37. The lowest BCUT2D eigenvalue weighted by molar-refractivity contribution is -0.139. The molecule has 38 heavy (non-hydrogen) atoms. The first-order valence-electron chi connectivity index (χ1n) is 11.9. The molecule has 2 fully saturated rings. The Balaban J connectivity index is 1.27. The highest BCUT2D eigenvalue weighted by molar-refractivity contribution is 5.79. The van der Waals surface area contributed by atoms with Crippen molar-refractivity contribution in [2.24, 2.45) is 5.92 Å². The molecule has 0 aromatic carbocycles. The number of likely N-dealkylation sites (tertiary alicyclic amines) is 1. The molecule has 0 bridgehead atoms. The number of nitrogens with zero attached hydrogens (tertiary/aromatic N) is 6. The molecule has 0 spiro atoms. The van der Waals surface area contributed by atoms with Gasteiger partial charge in [0.25, 0.3) is 5.56 Å². The van der Waals surface area contributed by atoms with Gasteiger partial charge in [0.05, 0.1) is 23.4 Å². The van der Waals surface area contributed by atoms with E-state index in [1.54, 1.807) is 21.8 Å². The zero-order valence-electron chi connectivity index (χ0n) is 20.3. The van der Waals surface area contributed by atoms with Crippen LogP contribution in [-0.4, -0.2) is 87.7 Å². The average molecular weight is 548 g/mol. The van der Waals surface area contributed by atoms with Crippen molar-refractivity contribution in [3.05, 3.63) is 40.1 Å². The SMILES string of the molecule is CC(CN1CCC(C(=O)N2CCN(c3ncc(C(F)(F)F)cn3)CC2)C1)Nc1cn[nH]c(=O)c1C(F)(F)F. The number of amides is 1. The third-order valence-electron chi connectivity index (χ3n) is 6.53. The van der Waals surface area contributed by atoms with Gasteiger partial charge >= 0.3 is 12.4 Å². The van der Waals surface area contributed by atoms with E-state index in [9.17, 15) is 35.9 Å². The van der Waals surface area contributed by atoms with E-state index in [0.717, 1.165) is 18.6 Å². The van der Waals surface area contributed by atoms with Crippen LogP contribution in [0.25, 0.3) is 0 Å². The van der Waals surface area contributed by atoms with Crippen molar-refractivity contribution < 1.29 is 31.1 Å². The van der Waals surface area contributed by atoms with E-state index in [0.29, 0.717) is 52.2 Å². The molecule has 4 rings (SSSR count). The second-order valence-corrected chi connectivity index (χ2v) is 9.36. The summed E-state index contributed by atoms with van der Waals surface area (Å²) in [6.45, 7) is 4.54. The van der Waals surface area contributed by atoms with Crippen LogP contribution in [0.2, 0.25) is 0 Å². The van der Waals surface area contributed by atoms with Gasteiger partial charge < -0.3 is 20.0 Å². The van der Waals surface area contributed by atoms with E-state index in [1.807, 2.05) is 4.90 Å². The summed E-state index contributed by atoms with van der Waals surface area (Å²) in [5.74, 6) is -0.148. The van der Waals surface area contributed by atoms with E-state index in [2.05, 4.69) is 20.4 Å². The van der Waals surface area contributed by atoms with Gasteiger partial charge in [-0.05, 0) is 19.9 Å². The summed E-state index contributed by atoms with van der Waals surface area (Å²) >= 11 is 0. The molecule has 16 heteroatoms. The number of H-pyrrole nitrogens is 1. The molecule has 0 radical (unpaired) electrons. The number of aromatic nitrogens is 4. The quantitative estimate of drug-likeness (QED) is 0.529. The Kier molecular flexibility index (Phi) is 7.80. The van der Waals surface area contributed by atoms with Gasteiger partial charge in [-0.25, -0.2) is 15.1 Å². The first-order valence-corrected chi connectivity index (χ1v) is 11.9. The zero-order valence-corrected chi connectivity index (χ0v) is 20.3. The third-order valence-corrected chi connectivity index (χ3v) is 6.53. The highest BCUT2D eigenvalue weighted by atomic mass is 19.4. The van der Waals surface area contributed by atoms with Crippen LogP contribution in [0.4, 0.5) is 38.0 Å². The van der Waals surface area contributed by atoms with Gasteiger partial charge in [-0.2, -0.15) is 31.4 Å². The number of aromatic amines is 1. The molecule has 208 valence electrons. The van der Waals surface area contributed by atoms with Crippen LogP contribution < -0.4 is 15.8 Å². The van der Waals surface area contributed by atoms with Crippen molar-refractivity contribution >= 4 is 17.5 Å². The lowest BCUT2D eigenvalue weighted by atomic mass is 10.1. The number of nitrogens with one attached hydrogen (secondary N) is 2. The first kappa shape index (κ1) is 27.6. The van der Waals surface area contributed by atoms with Crippen molar-refractivity contribution in [2.75, 3.05) is 56.0 Å². The molecule has 2 aliphatic heterocycles. The second-order valence-electron chi connectivity index (χ2n) is 9.36. The summed E-state index contributed by atoms with van der Waals surface area (Å²) in [5, 5.41) is 7.95. The van der Waals surface area contributed by atoms with Gasteiger partial charge in [-0.1, -0.05) is 0 Å². The standard InChI is InChI=1S/C22H26F6N8O2/c1-13(32-16-10-31-33-18(37)17(16)22(26,27)28)11-34-3-2-14(12-34)19(38)35-4-6-36(7-5-35)20-29-8-15(9-30-20)21(23,24)25/h8-10,13-14H,2-7,11-12H2,1H3,(H2,32,33,37). The molecule has 1 amide bonds. The van der Waals surface area contributed by atoms with Crippen molar-refractivity contribution in [3.63, 3.8) is 0 Å². The summed E-state index contributed by atoms with van der Waals surface area (Å²) in [6, 6.07) is -0.458. The van der Waals surface area contributed by atoms with Crippen molar-refractivity contribution in [2.45, 2.75) is 31.7 Å². The van der Waals surface area contributed by atoms with Gasteiger partial charge in [0.1, 0.15) is 5.56 Å². The fraction of sp³-hybridized carbons (Fsp3) is 0.591. The molecule has 2 aromatic heterocycles. The number of piperazine rings is 1. The largest absolute Gasteiger partial charge is 0.423 e. The number of hydrogen-bond acceptors (Lipinski definition) is 8. The van der Waals surface area contributed by atoms with Crippen LogP contribution in [0.5, 0.6) is 0 Å². The fourth-order valence-electron chi connectivity index (χ4n) is 4.70. The second kappa shape index (κ2) is 10.7. The number of carbonyl (C=O) groups excluding carboxylic acids is 1. The summed E-state index contributed by atoms with van der Waals surface area (Å²) in [7, 11) is 0. The molecule has 2 saturated heterocycles. The molecule has 4 heterocycles. The summed E-state index contributed by atoms with van der Waals surface area (Å²) in [5.41, 5.74) is -4.00. The molecule has 0 saturated carbocycles. The number of hydrogen-bond donors (Lipinski definition) is 2. The van der Waals surface area contributed by atoms with E-state index >= 15 is 0 Å². The Morgan fingerprint density at radius 3 is 2.32 bits per heavy atom. The Morgan fingerprint density at radius 1 is 1.05 bits per heavy atom. The van der Waals surface area contributed by atoms with Crippen LogP contribution >= 0.6 is 0 Å². The molecule has 2 aliphatic rings. The predicted octanol–water partition coefficient (Wildman–Crippen LogP) is 2.07. The lowest BCUT2D eigenvalue weighted by Gasteiger charge is -2.36. The van der Waals surface area contributed by atoms with E-state index < -0.39 is 40.8 Å². The molecule has 2 atom stereocenters. The van der Waals surface area contributed by atoms with E-state index in [1.165, 1.54) is 0 Å². The smallest absolute Gasteiger partial charge is 0.379 e. The molecule has 10 nitrogen and oxygen atoms in total. The summed E-state index contributed by atoms with van der Waals surface area (Å²) in [4.78, 5) is 37.7. The maximum absolute atomic E-state index is 13.3. The molecule has 2 unspecified atom stereocenters. The third kappa shape index (κ3) is 6.34. The lowest BCUT2D eigenvalue weighted by Crippen LogP contribution is -2.51. The van der Waals surface area contributed by atoms with Gasteiger partial charge in [0.15, 0.2) is 0 Å². The molecule has 2 N–H and O–H groups in total. The van der Waals surface area contributed by atoms with Gasteiger partial charge in [-0.15, -0.1) is 0 Å². The van der Waals surface area contributed by atoms with Crippen LogP contribution in [0.1, 0.15) is 24.5 Å². The minimum absolute atomic E-state index is 0.0424. The maximum atomic E-state index is 13.3. The molecular weight excluding hydrogens is 522 g/mol. The maximum Gasteiger partial charge on any atom is 0.423 e. The number of halogens is 6. The molecule has 0 aliphatic carbocycles. The van der Waals surface area contributed by atoms with Crippen molar-refractivity contribution in [1.82, 2.24) is 30.0 Å². The normalized spacial score (nSPS) is 20.0. The van der Waals surface area contributed by atoms with Gasteiger partial charge in [0.2, 0.25) is 11.9 Å². The molecule has 2 aromatic rings. The van der Waals surface area contributed by atoms with Crippen LogP contribution in [0.15, 0.2) is 23.4 Å². The van der Waals surface area contributed by atoms with Crippen LogP contribution in [0, 0.1) is 5.92 Å². The number of anilines is 2.